The molecule has 1 aromatic carbocycles. The van der Waals surface area contributed by atoms with E-state index in [0.29, 0.717) is 10.6 Å². The molecule has 152 valence electrons. The third kappa shape index (κ3) is 4.19. The number of rotatable bonds is 7. The number of hydrogen-bond donors (Lipinski definition) is 3. The van der Waals surface area contributed by atoms with Gasteiger partial charge in [-0.05, 0) is 37.0 Å². The molecule has 29 heavy (non-hydrogen) atoms. The summed E-state index contributed by atoms with van der Waals surface area (Å²) in [5, 5.41) is 16.6. The third-order valence-corrected chi connectivity index (χ3v) is 5.66. The van der Waals surface area contributed by atoms with Crippen molar-refractivity contribution in [3.8, 4) is 0 Å². The fourth-order valence-electron chi connectivity index (χ4n) is 3.15. The van der Waals surface area contributed by atoms with Crippen molar-refractivity contribution in [1.82, 2.24) is 0 Å². The molecule has 1 aliphatic rings. The largest absolute Gasteiger partial charge is 0.452 e. The van der Waals surface area contributed by atoms with Crippen LogP contribution in [0.4, 0.5) is 16.4 Å². The van der Waals surface area contributed by atoms with Gasteiger partial charge >= 0.3 is 5.97 Å². The summed E-state index contributed by atoms with van der Waals surface area (Å²) < 4.78 is 4.94. The minimum absolute atomic E-state index is 0.0589. The minimum atomic E-state index is -0.880. The molecule has 2 aromatic rings. The summed E-state index contributed by atoms with van der Waals surface area (Å²) in [6, 6.07) is 3.80. The average molecular weight is 418 g/mol. The first kappa shape index (κ1) is 20.3. The van der Waals surface area contributed by atoms with Crippen LogP contribution >= 0.6 is 11.3 Å². The van der Waals surface area contributed by atoms with Crippen molar-refractivity contribution in [3.05, 3.63) is 49.9 Å². The van der Waals surface area contributed by atoms with E-state index >= 15 is 0 Å². The summed E-state index contributed by atoms with van der Waals surface area (Å²) in [5.41, 5.74) is 6.51. The molecule has 0 aliphatic heterocycles. The van der Waals surface area contributed by atoms with Crippen LogP contribution in [0.5, 0.6) is 0 Å². The number of nitro groups is 1. The zero-order chi connectivity index (χ0) is 21.1. The second kappa shape index (κ2) is 8.27. The molecule has 2 amide bonds. The molecule has 0 spiro atoms. The number of thiophene rings is 1. The number of benzene rings is 1. The predicted molar refractivity (Wildman–Crippen MR) is 106 cm³/mol. The molecule has 0 atom stereocenters. The highest BCUT2D eigenvalue weighted by Crippen LogP contribution is 2.38. The molecule has 0 bridgehead atoms. The first-order valence-electron chi connectivity index (χ1n) is 8.69. The van der Waals surface area contributed by atoms with Gasteiger partial charge in [0.2, 0.25) is 0 Å². The average Bonchev–Trinajstić information content (AvgIpc) is 3.25. The number of anilines is 2. The van der Waals surface area contributed by atoms with Gasteiger partial charge in [0.15, 0.2) is 6.61 Å². The Kier molecular flexibility index (Phi) is 5.78. The molecule has 0 fully saturated rings. The Labute approximate surface area is 169 Å². The summed E-state index contributed by atoms with van der Waals surface area (Å²) in [6.45, 7) is -0.610. The topological polar surface area (TPSA) is 154 Å². The van der Waals surface area contributed by atoms with Crippen LogP contribution in [-0.2, 0) is 22.4 Å². The van der Waals surface area contributed by atoms with Crippen molar-refractivity contribution in [3.63, 3.8) is 0 Å². The molecule has 1 aromatic heterocycles. The maximum Gasteiger partial charge on any atom is 0.338 e. The number of esters is 1. The molecule has 1 heterocycles. The third-order valence-electron chi connectivity index (χ3n) is 4.45. The summed E-state index contributed by atoms with van der Waals surface area (Å²) >= 11 is 1.29. The van der Waals surface area contributed by atoms with Crippen molar-refractivity contribution in [2.45, 2.75) is 19.3 Å². The van der Waals surface area contributed by atoms with Crippen LogP contribution in [0, 0.1) is 10.1 Å². The molecular formula is C18H18N4O6S. The SMILES string of the molecule is CNc1ccc(C(=O)OCC(=O)Nc2sc3c(c2C(N)=O)CCC3)cc1[N+](=O)[O-]. The monoisotopic (exact) mass is 418 g/mol. The van der Waals surface area contributed by atoms with E-state index in [2.05, 4.69) is 10.6 Å². The number of nitrogens with two attached hydrogens (primary N) is 1. The Morgan fingerprint density at radius 1 is 1.31 bits per heavy atom. The van der Waals surface area contributed by atoms with Crippen molar-refractivity contribution in [1.29, 1.82) is 0 Å². The van der Waals surface area contributed by atoms with Crippen molar-refractivity contribution >= 4 is 45.5 Å². The van der Waals surface area contributed by atoms with Crippen LogP contribution in [-0.4, -0.2) is 36.4 Å². The highest BCUT2D eigenvalue weighted by molar-refractivity contribution is 7.17. The second-order valence-corrected chi connectivity index (χ2v) is 7.39. The Hall–Kier alpha value is -3.47. The molecular weight excluding hydrogens is 400 g/mol. The van der Waals surface area contributed by atoms with E-state index in [1.54, 1.807) is 0 Å². The van der Waals surface area contributed by atoms with Crippen molar-refractivity contribution in [2.24, 2.45) is 5.73 Å². The molecule has 11 heteroatoms. The van der Waals surface area contributed by atoms with E-state index in [1.807, 2.05) is 0 Å². The molecule has 0 radical (unpaired) electrons. The lowest BCUT2D eigenvalue weighted by Crippen LogP contribution is -2.22. The van der Waals surface area contributed by atoms with Gasteiger partial charge in [-0.1, -0.05) is 0 Å². The van der Waals surface area contributed by atoms with Gasteiger partial charge in [-0.25, -0.2) is 4.79 Å². The van der Waals surface area contributed by atoms with Crippen molar-refractivity contribution < 1.29 is 24.0 Å². The van der Waals surface area contributed by atoms with Crippen LogP contribution < -0.4 is 16.4 Å². The van der Waals surface area contributed by atoms with E-state index in [1.165, 1.54) is 30.5 Å². The Morgan fingerprint density at radius 3 is 2.72 bits per heavy atom. The van der Waals surface area contributed by atoms with Gasteiger partial charge in [-0.15, -0.1) is 11.3 Å². The molecule has 3 rings (SSSR count). The first-order chi connectivity index (χ1) is 13.8. The second-order valence-electron chi connectivity index (χ2n) is 6.29. The number of aryl methyl sites for hydroxylation is 1. The summed E-state index contributed by atoms with van der Waals surface area (Å²) in [5.74, 6) is -2.13. The Balaban J connectivity index is 1.66. The number of nitrogens with one attached hydrogen (secondary N) is 2. The number of nitro benzene ring substituents is 1. The van der Waals surface area contributed by atoms with E-state index in [0.717, 1.165) is 35.8 Å². The number of hydrogen-bond acceptors (Lipinski definition) is 8. The lowest BCUT2D eigenvalue weighted by atomic mass is 10.1. The highest BCUT2D eigenvalue weighted by atomic mass is 32.1. The predicted octanol–water partition coefficient (Wildman–Crippen LogP) is 2.08. The smallest absolute Gasteiger partial charge is 0.338 e. The van der Waals surface area contributed by atoms with E-state index < -0.39 is 29.3 Å². The standard InChI is InChI=1S/C18H18N4O6S/c1-20-11-6-5-9(7-12(11)22(26)27)18(25)28-8-14(23)21-17-15(16(19)24)10-3-2-4-13(10)29-17/h5-7,20H,2-4,8H2,1H3,(H2,19,24)(H,21,23). The number of amides is 2. The fourth-order valence-corrected chi connectivity index (χ4v) is 4.46. The Bertz CT molecular complexity index is 1020. The van der Waals surface area contributed by atoms with E-state index in [4.69, 9.17) is 10.5 Å². The lowest BCUT2D eigenvalue weighted by molar-refractivity contribution is -0.384. The van der Waals surface area contributed by atoms with Crippen LogP contribution in [0.3, 0.4) is 0 Å². The molecule has 1 aliphatic carbocycles. The van der Waals surface area contributed by atoms with Gasteiger partial charge in [-0.2, -0.15) is 0 Å². The van der Waals surface area contributed by atoms with Gasteiger partial charge < -0.3 is 21.1 Å². The van der Waals surface area contributed by atoms with Gasteiger partial charge in [0.1, 0.15) is 10.7 Å². The zero-order valence-electron chi connectivity index (χ0n) is 15.4. The summed E-state index contributed by atoms with van der Waals surface area (Å²) in [4.78, 5) is 47.5. The number of nitrogens with zero attached hydrogens (tertiary/aromatic N) is 1. The molecule has 0 saturated carbocycles. The fraction of sp³-hybridized carbons (Fsp3) is 0.278. The van der Waals surface area contributed by atoms with E-state index in [9.17, 15) is 24.5 Å². The molecule has 10 nitrogen and oxygen atoms in total. The summed E-state index contributed by atoms with van der Waals surface area (Å²) in [7, 11) is 1.52. The van der Waals surface area contributed by atoms with Gasteiger partial charge in [0.05, 0.1) is 16.1 Å². The number of carbonyl (C=O) groups is 3. The van der Waals surface area contributed by atoms with Gasteiger partial charge in [0, 0.05) is 18.0 Å². The quantitative estimate of drug-likeness (QED) is 0.353. The number of primary amides is 1. The molecule has 0 unspecified atom stereocenters. The van der Waals surface area contributed by atoms with Gasteiger partial charge in [-0.3, -0.25) is 19.7 Å². The number of fused-ring (bicyclic) bond motifs is 1. The normalized spacial score (nSPS) is 12.2. The molecule has 4 N–H and O–H groups in total. The maximum atomic E-state index is 12.2. The zero-order valence-corrected chi connectivity index (χ0v) is 16.3. The van der Waals surface area contributed by atoms with Crippen LogP contribution in [0.2, 0.25) is 0 Å². The maximum absolute atomic E-state index is 12.2. The van der Waals surface area contributed by atoms with Crippen molar-refractivity contribution in [2.75, 3.05) is 24.3 Å². The van der Waals surface area contributed by atoms with Crippen LogP contribution in [0.1, 0.15) is 37.6 Å². The van der Waals surface area contributed by atoms with Crippen LogP contribution in [0.25, 0.3) is 0 Å². The van der Waals surface area contributed by atoms with Crippen LogP contribution in [0.15, 0.2) is 18.2 Å². The highest BCUT2D eigenvalue weighted by Gasteiger charge is 2.26. The minimum Gasteiger partial charge on any atom is -0.452 e. The summed E-state index contributed by atoms with van der Waals surface area (Å²) in [6.07, 6.45) is 2.49. The number of ether oxygens (including phenoxy) is 1. The van der Waals surface area contributed by atoms with Gasteiger partial charge in [0.25, 0.3) is 17.5 Å². The molecule has 0 saturated heterocycles. The van der Waals surface area contributed by atoms with E-state index in [-0.39, 0.29) is 16.9 Å². The lowest BCUT2D eigenvalue weighted by Gasteiger charge is -2.08. The Morgan fingerprint density at radius 2 is 2.07 bits per heavy atom. The number of carbonyl (C=O) groups excluding carboxylic acids is 3. The first-order valence-corrected chi connectivity index (χ1v) is 9.51.